The van der Waals surface area contributed by atoms with Crippen LogP contribution in [0.1, 0.15) is 37.4 Å². The summed E-state index contributed by atoms with van der Waals surface area (Å²) in [4.78, 5) is 0. The van der Waals surface area contributed by atoms with Gasteiger partial charge in [-0.05, 0) is 30.7 Å². The topological polar surface area (TPSA) is 21.3 Å². The molecule has 6 heteroatoms. The standard InChI is InChI=1S/C14H19BrF3NO/c1-3-7-20-9-13(19-4-2)11-6-5-10(15)8-12(11)14(16,17)18/h5-6,8,13,19H,3-4,7,9H2,1-2H3. The predicted molar refractivity (Wildman–Crippen MR) is 76.7 cm³/mol. The van der Waals surface area contributed by atoms with Crippen molar-refractivity contribution >= 4 is 15.9 Å². The van der Waals surface area contributed by atoms with Gasteiger partial charge in [0.25, 0.3) is 0 Å². The molecule has 1 aromatic rings. The van der Waals surface area contributed by atoms with E-state index in [0.29, 0.717) is 17.6 Å². The molecule has 0 radical (unpaired) electrons. The molecule has 0 saturated carbocycles. The van der Waals surface area contributed by atoms with Crippen LogP contribution in [-0.2, 0) is 10.9 Å². The Kier molecular flexibility index (Phi) is 6.99. The van der Waals surface area contributed by atoms with E-state index in [1.165, 1.54) is 6.07 Å². The fourth-order valence-electron chi connectivity index (χ4n) is 1.93. The lowest BCUT2D eigenvalue weighted by Crippen LogP contribution is -2.28. The first-order valence-corrected chi connectivity index (χ1v) is 7.37. The van der Waals surface area contributed by atoms with Gasteiger partial charge < -0.3 is 10.1 Å². The first-order chi connectivity index (χ1) is 9.40. The van der Waals surface area contributed by atoms with Gasteiger partial charge in [0.15, 0.2) is 0 Å². The Hall–Kier alpha value is -0.590. The number of ether oxygens (including phenoxy) is 1. The Bertz CT molecular complexity index is 423. The van der Waals surface area contributed by atoms with E-state index in [9.17, 15) is 13.2 Å². The molecule has 0 spiro atoms. The maximum absolute atomic E-state index is 13.1. The first kappa shape index (κ1) is 17.5. The molecule has 0 saturated heterocycles. The van der Waals surface area contributed by atoms with Crippen LogP contribution in [0.25, 0.3) is 0 Å². The zero-order valence-electron chi connectivity index (χ0n) is 11.6. The van der Waals surface area contributed by atoms with E-state index in [1.807, 2.05) is 13.8 Å². The molecule has 0 heterocycles. The molecule has 1 aromatic carbocycles. The molecule has 0 aliphatic heterocycles. The number of nitrogens with one attached hydrogen (secondary N) is 1. The van der Waals surface area contributed by atoms with Crippen LogP contribution in [0.2, 0.25) is 0 Å². The number of hydrogen-bond acceptors (Lipinski definition) is 2. The van der Waals surface area contributed by atoms with Crippen molar-refractivity contribution in [2.24, 2.45) is 0 Å². The highest BCUT2D eigenvalue weighted by Gasteiger charge is 2.35. The fourth-order valence-corrected chi connectivity index (χ4v) is 2.29. The number of halogens is 4. The monoisotopic (exact) mass is 353 g/mol. The van der Waals surface area contributed by atoms with E-state index in [1.54, 1.807) is 6.07 Å². The van der Waals surface area contributed by atoms with Crippen LogP contribution in [0.5, 0.6) is 0 Å². The summed E-state index contributed by atoms with van der Waals surface area (Å²) in [6.45, 7) is 5.17. The first-order valence-electron chi connectivity index (χ1n) is 6.57. The van der Waals surface area contributed by atoms with Gasteiger partial charge in [-0.1, -0.05) is 35.8 Å². The second-order valence-electron chi connectivity index (χ2n) is 4.41. The second-order valence-corrected chi connectivity index (χ2v) is 5.33. The van der Waals surface area contributed by atoms with E-state index >= 15 is 0 Å². The van der Waals surface area contributed by atoms with Crippen LogP contribution in [0, 0.1) is 0 Å². The zero-order valence-corrected chi connectivity index (χ0v) is 13.1. The molecule has 1 unspecified atom stereocenters. The van der Waals surface area contributed by atoms with E-state index in [4.69, 9.17) is 4.74 Å². The maximum atomic E-state index is 13.1. The minimum absolute atomic E-state index is 0.221. The van der Waals surface area contributed by atoms with E-state index in [0.717, 1.165) is 12.5 Å². The van der Waals surface area contributed by atoms with Gasteiger partial charge in [-0.15, -0.1) is 0 Å². The van der Waals surface area contributed by atoms with Crippen LogP contribution in [-0.4, -0.2) is 19.8 Å². The van der Waals surface area contributed by atoms with Gasteiger partial charge in [0.1, 0.15) is 0 Å². The quantitative estimate of drug-likeness (QED) is 0.726. The average molecular weight is 354 g/mol. The number of benzene rings is 1. The molecule has 0 aliphatic carbocycles. The molecule has 1 rings (SSSR count). The van der Waals surface area contributed by atoms with Gasteiger partial charge >= 0.3 is 6.18 Å². The summed E-state index contributed by atoms with van der Waals surface area (Å²) in [6.07, 6.45) is -3.54. The SMILES string of the molecule is CCCOCC(NCC)c1ccc(Br)cc1C(F)(F)F. The summed E-state index contributed by atoms with van der Waals surface area (Å²) in [6, 6.07) is 3.76. The third kappa shape index (κ3) is 5.07. The largest absolute Gasteiger partial charge is 0.416 e. The lowest BCUT2D eigenvalue weighted by Gasteiger charge is -2.22. The molecule has 0 amide bonds. The lowest BCUT2D eigenvalue weighted by molar-refractivity contribution is -0.138. The molecule has 0 fully saturated rings. The van der Waals surface area contributed by atoms with Crippen LogP contribution in [0.3, 0.4) is 0 Å². The normalized spacial score (nSPS) is 13.5. The van der Waals surface area contributed by atoms with Gasteiger partial charge in [-0.3, -0.25) is 0 Å². The molecule has 0 aliphatic rings. The molecule has 114 valence electrons. The summed E-state index contributed by atoms with van der Waals surface area (Å²) < 4.78 is 45.2. The van der Waals surface area contributed by atoms with Gasteiger partial charge in [0.05, 0.1) is 18.2 Å². The van der Waals surface area contributed by atoms with Gasteiger partial charge in [0, 0.05) is 11.1 Å². The van der Waals surface area contributed by atoms with Crippen LogP contribution in [0.15, 0.2) is 22.7 Å². The predicted octanol–water partition coefficient (Wildman–Crippen LogP) is 4.55. The zero-order chi connectivity index (χ0) is 15.2. The summed E-state index contributed by atoms with van der Waals surface area (Å²) in [5.74, 6) is 0. The number of alkyl halides is 3. The van der Waals surface area contributed by atoms with Gasteiger partial charge in [0.2, 0.25) is 0 Å². The molecule has 0 aromatic heterocycles. The lowest BCUT2D eigenvalue weighted by atomic mass is 10.00. The third-order valence-electron chi connectivity index (χ3n) is 2.78. The molecule has 1 atom stereocenters. The third-order valence-corrected chi connectivity index (χ3v) is 3.27. The Morgan fingerprint density at radius 2 is 2.00 bits per heavy atom. The van der Waals surface area contributed by atoms with Gasteiger partial charge in [-0.25, -0.2) is 0 Å². The molecule has 1 N–H and O–H groups in total. The van der Waals surface area contributed by atoms with Crippen molar-refractivity contribution in [1.29, 1.82) is 0 Å². The number of rotatable bonds is 7. The highest BCUT2D eigenvalue weighted by Crippen LogP contribution is 2.36. The van der Waals surface area contributed by atoms with Crippen LogP contribution >= 0.6 is 15.9 Å². The minimum Gasteiger partial charge on any atom is -0.379 e. The molecule has 2 nitrogen and oxygen atoms in total. The molecular weight excluding hydrogens is 335 g/mol. The number of likely N-dealkylation sites (N-methyl/N-ethyl adjacent to an activating group) is 1. The smallest absolute Gasteiger partial charge is 0.379 e. The molecule has 20 heavy (non-hydrogen) atoms. The average Bonchev–Trinajstić information content (AvgIpc) is 2.37. The minimum atomic E-state index is -4.38. The van der Waals surface area contributed by atoms with Crippen molar-refractivity contribution in [2.75, 3.05) is 19.8 Å². The van der Waals surface area contributed by atoms with Crippen LogP contribution < -0.4 is 5.32 Å². The van der Waals surface area contributed by atoms with Gasteiger partial charge in [-0.2, -0.15) is 13.2 Å². The Morgan fingerprint density at radius 1 is 1.30 bits per heavy atom. The summed E-state index contributed by atoms with van der Waals surface area (Å²) in [5, 5.41) is 3.05. The van der Waals surface area contributed by atoms with Crippen molar-refractivity contribution in [3.05, 3.63) is 33.8 Å². The van der Waals surface area contributed by atoms with E-state index in [-0.39, 0.29) is 12.2 Å². The van der Waals surface area contributed by atoms with Crippen molar-refractivity contribution in [3.8, 4) is 0 Å². The molecular formula is C14H19BrF3NO. The summed E-state index contributed by atoms with van der Waals surface area (Å²) >= 11 is 3.09. The Labute approximate surface area is 125 Å². The highest BCUT2D eigenvalue weighted by molar-refractivity contribution is 9.10. The van der Waals surface area contributed by atoms with Crippen molar-refractivity contribution in [1.82, 2.24) is 5.32 Å². The summed E-state index contributed by atoms with van der Waals surface area (Å²) in [7, 11) is 0. The highest BCUT2D eigenvalue weighted by atomic mass is 79.9. The van der Waals surface area contributed by atoms with E-state index in [2.05, 4.69) is 21.2 Å². The van der Waals surface area contributed by atoms with Crippen molar-refractivity contribution < 1.29 is 17.9 Å². The number of hydrogen-bond donors (Lipinski definition) is 1. The van der Waals surface area contributed by atoms with E-state index < -0.39 is 17.8 Å². The Morgan fingerprint density at radius 3 is 2.55 bits per heavy atom. The second kappa shape index (κ2) is 8.00. The van der Waals surface area contributed by atoms with Crippen LogP contribution in [0.4, 0.5) is 13.2 Å². The fraction of sp³-hybridized carbons (Fsp3) is 0.571. The molecule has 0 bridgehead atoms. The maximum Gasteiger partial charge on any atom is 0.416 e. The van der Waals surface area contributed by atoms with Crippen molar-refractivity contribution in [2.45, 2.75) is 32.5 Å². The Balaban J connectivity index is 3.05. The van der Waals surface area contributed by atoms with Crippen molar-refractivity contribution in [3.63, 3.8) is 0 Å². The summed E-state index contributed by atoms with van der Waals surface area (Å²) in [5.41, 5.74) is -0.406.